The van der Waals surface area contributed by atoms with E-state index in [1.807, 2.05) is 20.8 Å². The number of aryl methyl sites for hydroxylation is 2. The van der Waals surface area contributed by atoms with Crippen LogP contribution in [0.1, 0.15) is 43.2 Å². The van der Waals surface area contributed by atoms with E-state index >= 15 is 0 Å². The molecular formula is C13H21N3O3. The monoisotopic (exact) mass is 267 g/mol. The van der Waals surface area contributed by atoms with E-state index in [9.17, 15) is 9.59 Å². The molecule has 106 valence electrons. The van der Waals surface area contributed by atoms with Gasteiger partial charge in [0.2, 0.25) is 0 Å². The largest absolute Gasteiger partial charge is 0.481 e. The minimum atomic E-state index is -0.916. The smallest absolute Gasteiger partial charge is 0.305 e. The fraction of sp³-hybridized carbons (Fsp3) is 0.615. The summed E-state index contributed by atoms with van der Waals surface area (Å²) in [7, 11) is 1.76. The van der Waals surface area contributed by atoms with Crippen LogP contribution in [0.2, 0.25) is 0 Å². The molecule has 1 aromatic rings. The minimum absolute atomic E-state index is 0.0572. The Bertz CT molecular complexity index is 466. The zero-order chi connectivity index (χ0) is 14.6. The van der Waals surface area contributed by atoms with Gasteiger partial charge < -0.3 is 10.4 Å². The van der Waals surface area contributed by atoms with E-state index in [1.54, 1.807) is 17.9 Å². The number of nitrogens with one attached hydrogen (secondary N) is 1. The Labute approximate surface area is 112 Å². The summed E-state index contributed by atoms with van der Waals surface area (Å²) < 4.78 is 1.59. The van der Waals surface area contributed by atoms with E-state index in [0.717, 1.165) is 5.69 Å². The van der Waals surface area contributed by atoms with Crippen molar-refractivity contribution in [1.82, 2.24) is 15.1 Å². The molecule has 1 rings (SSSR count). The number of carboxylic acids is 1. The molecule has 0 aliphatic rings. The maximum Gasteiger partial charge on any atom is 0.305 e. The van der Waals surface area contributed by atoms with Crippen LogP contribution in [0.5, 0.6) is 0 Å². The molecule has 1 aromatic heterocycles. The Morgan fingerprint density at radius 2 is 2.11 bits per heavy atom. The van der Waals surface area contributed by atoms with E-state index in [0.29, 0.717) is 12.0 Å². The lowest BCUT2D eigenvalue weighted by Crippen LogP contribution is -2.40. The number of nitrogens with zero attached hydrogens (tertiary/aromatic N) is 2. The van der Waals surface area contributed by atoms with E-state index in [1.165, 1.54) is 0 Å². The third kappa shape index (κ3) is 4.08. The lowest BCUT2D eigenvalue weighted by atomic mass is 10.0. The third-order valence-electron chi connectivity index (χ3n) is 3.00. The highest BCUT2D eigenvalue weighted by Gasteiger charge is 2.22. The van der Waals surface area contributed by atoms with Crippen LogP contribution >= 0.6 is 0 Å². The van der Waals surface area contributed by atoms with Gasteiger partial charge in [-0.1, -0.05) is 20.8 Å². The Morgan fingerprint density at radius 3 is 2.58 bits per heavy atom. The van der Waals surface area contributed by atoms with Gasteiger partial charge in [0.05, 0.1) is 17.7 Å². The summed E-state index contributed by atoms with van der Waals surface area (Å²) in [5.74, 6) is -1.12. The molecule has 6 heteroatoms. The molecule has 0 radical (unpaired) electrons. The normalized spacial score (nSPS) is 12.5. The first-order chi connectivity index (χ1) is 8.85. The predicted molar refractivity (Wildman–Crippen MR) is 70.9 cm³/mol. The highest BCUT2D eigenvalue weighted by molar-refractivity contribution is 5.95. The first-order valence-corrected chi connectivity index (χ1v) is 6.40. The van der Waals surface area contributed by atoms with Crippen molar-refractivity contribution in [3.8, 4) is 0 Å². The van der Waals surface area contributed by atoms with Gasteiger partial charge in [0, 0.05) is 19.3 Å². The van der Waals surface area contributed by atoms with Crippen LogP contribution < -0.4 is 5.32 Å². The molecule has 0 fully saturated rings. The summed E-state index contributed by atoms with van der Waals surface area (Å²) in [4.78, 5) is 23.0. The summed E-state index contributed by atoms with van der Waals surface area (Å²) in [6.07, 6.45) is 2.24. The Morgan fingerprint density at radius 1 is 1.47 bits per heavy atom. The number of rotatable bonds is 6. The van der Waals surface area contributed by atoms with Crippen LogP contribution in [0, 0.1) is 5.92 Å². The Hall–Kier alpha value is -1.85. The Balaban J connectivity index is 2.84. The Kier molecular flexibility index (Phi) is 5.09. The molecule has 2 N–H and O–H groups in total. The van der Waals surface area contributed by atoms with E-state index in [2.05, 4.69) is 10.4 Å². The van der Waals surface area contributed by atoms with Crippen molar-refractivity contribution >= 4 is 11.9 Å². The van der Waals surface area contributed by atoms with Gasteiger partial charge in [-0.3, -0.25) is 14.3 Å². The molecule has 0 bridgehead atoms. The van der Waals surface area contributed by atoms with Crippen molar-refractivity contribution in [3.63, 3.8) is 0 Å². The quantitative estimate of drug-likeness (QED) is 0.811. The predicted octanol–water partition coefficient (Wildman–Crippen LogP) is 1.21. The van der Waals surface area contributed by atoms with Crippen LogP contribution in [-0.2, 0) is 18.3 Å². The molecule has 0 aliphatic carbocycles. The van der Waals surface area contributed by atoms with Gasteiger partial charge in [-0.05, 0) is 12.3 Å². The number of carbonyl (C=O) groups excluding carboxylic acids is 1. The first-order valence-electron chi connectivity index (χ1n) is 6.40. The van der Waals surface area contributed by atoms with Gasteiger partial charge in [-0.15, -0.1) is 0 Å². The van der Waals surface area contributed by atoms with Gasteiger partial charge in [0.25, 0.3) is 5.91 Å². The summed E-state index contributed by atoms with van der Waals surface area (Å²) in [6.45, 7) is 5.70. The standard InChI is InChI=1S/C13H21N3O3/c1-5-10-9(7-16(4)15-10)13(19)14-11(8(2)3)6-12(17)18/h7-8,11H,5-6H2,1-4H3,(H,14,19)(H,17,18). The second kappa shape index (κ2) is 6.36. The van der Waals surface area contributed by atoms with Crippen molar-refractivity contribution in [3.05, 3.63) is 17.5 Å². The highest BCUT2D eigenvalue weighted by Crippen LogP contribution is 2.11. The maximum atomic E-state index is 12.2. The first kappa shape index (κ1) is 15.2. The number of hydrogen-bond acceptors (Lipinski definition) is 3. The third-order valence-corrected chi connectivity index (χ3v) is 3.00. The SMILES string of the molecule is CCc1nn(C)cc1C(=O)NC(CC(=O)O)C(C)C. The van der Waals surface area contributed by atoms with E-state index in [-0.39, 0.29) is 24.3 Å². The van der Waals surface area contributed by atoms with Crippen molar-refractivity contribution in [2.24, 2.45) is 13.0 Å². The second-order valence-corrected chi connectivity index (χ2v) is 4.94. The molecule has 0 saturated heterocycles. The van der Waals surface area contributed by atoms with E-state index < -0.39 is 5.97 Å². The average molecular weight is 267 g/mol. The van der Waals surface area contributed by atoms with Crippen molar-refractivity contribution in [2.45, 2.75) is 39.7 Å². The molecular weight excluding hydrogens is 246 g/mol. The number of hydrogen-bond donors (Lipinski definition) is 2. The maximum absolute atomic E-state index is 12.2. The number of carbonyl (C=O) groups is 2. The zero-order valence-electron chi connectivity index (χ0n) is 11.8. The van der Waals surface area contributed by atoms with Gasteiger partial charge in [-0.2, -0.15) is 5.10 Å². The molecule has 6 nitrogen and oxygen atoms in total. The molecule has 0 spiro atoms. The molecule has 0 saturated carbocycles. The minimum Gasteiger partial charge on any atom is -0.481 e. The van der Waals surface area contributed by atoms with Crippen molar-refractivity contribution < 1.29 is 14.7 Å². The summed E-state index contributed by atoms with van der Waals surface area (Å²) in [5.41, 5.74) is 1.24. The lowest BCUT2D eigenvalue weighted by molar-refractivity contribution is -0.137. The molecule has 0 aromatic carbocycles. The van der Waals surface area contributed by atoms with Crippen LogP contribution in [0.15, 0.2) is 6.20 Å². The van der Waals surface area contributed by atoms with Crippen molar-refractivity contribution in [1.29, 1.82) is 0 Å². The topological polar surface area (TPSA) is 84.2 Å². The van der Waals surface area contributed by atoms with Crippen LogP contribution in [0.25, 0.3) is 0 Å². The molecule has 1 atom stereocenters. The molecule has 0 aliphatic heterocycles. The fourth-order valence-electron chi connectivity index (χ4n) is 1.87. The van der Waals surface area contributed by atoms with Crippen LogP contribution in [0.3, 0.4) is 0 Å². The van der Waals surface area contributed by atoms with Gasteiger partial charge in [0.15, 0.2) is 0 Å². The van der Waals surface area contributed by atoms with Gasteiger partial charge in [-0.25, -0.2) is 0 Å². The molecule has 1 unspecified atom stereocenters. The fourth-order valence-corrected chi connectivity index (χ4v) is 1.87. The number of carboxylic acid groups (broad SMARTS) is 1. The highest BCUT2D eigenvalue weighted by atomic mass is 16.4. The van der Waals surface area contributed by atoms with Crippen molar-refractivity contribution in [2.75, 3.05) is 0 Å². The number of aromatic nitrogens is 2. The zero-order valence-corrected chi connectivity index (χ0v) is 11.8. The number of aliphatic carboxylic acids is 1. The van der Waals surface area contributed by atoms with Gasteiger partial charge >= 0.3 is 5.97 Å². The average Bonchev–Trinajstić information content (AvgIpc) is 2.68. The molecule has 1 heterocycles. The lowest BCUT2D eigenvalue weighted by Gasteiger charge is -2.20. The second-order valence-electron chi connectivity index (χ2n) is 4.94. The summed E-state index contributed by atoms with van der Waals surface area (Å²) >= 11 is 0. The van der Waals surface area contributed by atoms with Gasteiger partial charge in [0.1, 0.15) is 0 Å². The molecule has 1 amide bonds. The molecule has 19 heavy (non-hydrogen) atoms. The van der Waals surface area contributed by atoms with Crippen LogP contribution in [-0.4, -0.2) is 32.8 Å². The summed E-state index contributed by atoms with van der Waals surface area (Å²) in [5, 5.41) is 15.8. The summed E-state index contributed by atoms with van der Waals surface area (Å²) in [6, 6.07) is -0.380. The van der Waals surface area contributed by atoms with Crippen LogP contribution in [0.4, 0.5) is 0 Å². The van der Waals surface area contributed by atoms with E-state index in [4.69, 9.17) is 5.11 Å². The number of amides is 1.